The molecule has 108 valence electrons. The first-order valence-electron chi connectivity index (χ1n) is 6.16. The van der Waals surface area contributed by atoms with E-state index in [4.69, 9.17) is 28.9 Å². The van der Waals surface area contributed by atoms with Crippen LogP contribution in [0.25, 0.3) is 0 Å². The number of benzene rings is 1. The molecule has 0 spiro atoms. The van der Waals surface area contributed by atoms with E-state index >= 15 is 0 Å². The van der Waals surface area contributed by atoms with E-state index in [1.807, 2.05) is 19.1 Å². The highest BCUT2D eigenvalue weighted by atomic mass is 35.5. The van der Waals surface area contributed by atoms with E-state index in [0.717, 1.165) is 5.56 Å². The average Bonchev–Trinajstić information content (AvgIpc) is 2.79. The Morgan fingerprint density at radius 2 is 2.14 bits per heavy atom. The zero-order chi connectivity index (χ0) is 15.4. The number of carbonyl (C=O) groups is 1. The van der Waals surface area contributed by atoms with Crippen LogP contribution < -0.4 is 11.1 Å². The van der Waals surface area contributed by atoms with Crippen LogP contribution in [-0.4, -0.2) is 17.4 Å². The smallest absolute Gasteiger partial charge is 0.272 e. The van der Waals surface area contributed by atoms with Gasteiger partial charge in [-0.3, -0.25) is 4.79 Å². The quantitative estimate of drug-likeness (QED) is 0.743. The summed E-state index contributed by atoms with van der Waals surface area (Å²) in [6, 6.07) is 7.03. The molecule has 4 N–H and O–H groups in total. The van der Waals surface area contributed by atoms with Crippen LogP contribution in [0.4, 0.5) is 5.69 Å². The molecule has 0 saturated carbocycles. The number of nitrogens with one attached hydrogen (secondary N) is 2. The summed E-state index contributed by atoms with van der Waals surface area (Å²) in [5.41, 5.74) is 8.01. The van der Waals surface area contributed by atoms with Gasteiger partial charge < -0.3 is 16.0 Å². The number of amides is 1. The number of anilines is 1. The highest BCUT2D eigenvalue weighted by Crippen LogP contribution is 2.23. The number of hydrogen-bond donors (Lipinski definition) is 3. The molecule has 0 fully saturated rings. The number of aryl methyl sites for hydroxylation is 1. The standard InChI is InChI=1S/C15H13Cl2N3O/c1-9-4-5-12(10(7-9)3-2-6-18)20-15(21)13-8-11(16)14(17)19-13/h4-5,7-8,19H,6,18H2,1H3,(H,20,21). The lowest BCUT2D eigenvalue weighted by Crippen LogP contribution is -2.13. The summed E-state index contributed by atoms with van der Waals surface area (Å²) in [5.74, 6) is 5.37. The second kappa shape index (κ2) is 6.68. The minimum absolute atomic E-state index is 0.230. The highest BCUT2D eigenvalue weighted by molar-refractivity contribution is 6.41. The largest absolute Gasteiger partial charge is 0.340 e. The minimum Gasteiger partial charge on any atom is -0.340 e. The van der Waals surface area contributed by atoms with E-state index in [2.05, 4.69) is 22.1 Å². The lowest BCUT2D eigenvalue weighted by Gasteiger charge is -2.07. The van der Waals surface area contributed by atoms with Gasteiger partial charge in [0.05, 0.1) is 17.3 Å². The lowest BCUT2D eigenvalue weighted by atomic mass is 10.1. The predicted molar refractivity (Wildman–Crippen MR) is 85.9 cm³/mol. The molecule has 21 heavy (non-hydrogen) atoms. The van der Waals surface area contributed by atoms with Crippen molar-refractivity contribution in [3.63, 3.8) is 0 Å². The van der Waals surface area contributed by atoms with Crippen molar-refractivity contribution in [1.29, 1.82) is 0 Å². The fourth-order valence-corrected chi connectivity index (χ4v) is 2.05. The molecule has 0 bridgehead atoms. The first-order chi connectivity index (χ1) is 10.0. The van der Waals surface area contributed by atoms with E-state index in [-0.39, 0.29) is 23.3 Å². The molecule has 1 amide bonds. The molecule has 6 heteroatoms. The fourth-order valence-electron chi connectivity index (χ4n) is 1.73. The summed E-state index contributed by atoms with van der Waals surface area (Å²) < 4.78 is 0. The van der Waals surface area contributed by atoms with Gasteiger partial charge in [-0.05, 0) is 30.7 Å². The summed E-state index contributed by atoms with van der Waals surface area (Å²) in [4.78, 5) is 14.9. The Labute approximate surface area is 132 Å². The second-order valence-corrected chi connectivity index (χ2v) is 5.14. The van der Waals surface area contributed by atoms with Crippen LogP contribution in [0.15, 0.2) is 24.3 Å². The number of H-pyrrole nitrogens is 1. The summed E-state index contributed by atoms with van der Waals surface area (Å²) in [7, 11) is 0. The molecule has 0 aliphatic carbocycles. The molecule has 0 atom stereocenters. The molecule has 4 nitrogen and oxygen atoms in total. The monoisotopic (exact) mass is 321 g/mol. The number of rotatable bonds is 2. The number of aromatic nitrogens is 1. The molecular weight excluding hydrogens is 309 g/mol. The lowest BCUT2D eigenvalue weighted by molar-refractivity contribution is 0.102. The maximum absolute atomic E-state index is 12.2. The van der Waals surface area contributed by atoms with Gasteiger partial charge in [-0.2, -0.15) is 0 Å². The van der Waals surface area contributed by atoms with Crippen LogP contribution in [0.3, 0.4) is 0 Å². The molecule has 0 unspecified atom stereocenters. The minimum atomic E-state index is -0.344. The van der Waals surface area contributed by atoms with E-state index < -0.39 is 0 Å². The van der Waals surface area contributed by atoms with Gasteiger partial charge in [0.2, 0.25) is 0 Å². The average molecular weight is 322 g/mol. The van der Waals surface area contributed by atoms with Crippen LogP contribution in [0.1, 0.15) is 21.6 Å². The van der Waals surface area contributed by atoms with Crippen LogP contribution in [0.5, 0.6) is 0 Å². The number of nitrogens with two attached hydrogens (primary N) is 1. The van der Waals surface area contributed by atoms with E-state index in [1.165, 1.54) is 6.07 Å². The van der Waals surface area contributed by atoms with Crippen molar-refractivity contribution in [2.24, 2.45) is 5.73 Å². The molecule has 1 aromatic heterocycles. The maximum Gasteiger partial charge on any atom is 0.272 e. The van der Waals surface area contributed by atoms with E-state index in [1.54, 1.807) is 6.07 Å². The molecular formula is C15H13Cl2N3O. The zero-order valence-corrected chi connectivity index (χ0v) is 12.8. The number of carbonyl (C=O) groups excluding carboxylic acids is 1. The van der Waals surface area contributed by atoms with Crippen molar-refractivity contribution in [3.8, 4) is 11.8 Å². The Morgan fingerprint density at radius 3 is 2.76 bits per heavy atom. The van der Waals surface area contributed by atoms with Gasteiger partial charge in [-0.25, -0.2) is 0 Å². The first-order valence-corrected chi connectivity index (χ1v) is 6.92. The van der Waals surface area contributed by atoms with Crippen molar-refractivity contribution in [2.75, 3.05) is 11.9 Å². The molecule has 0 aliphatic rings. The summed E-state index contributed by atoms with van der Waals surface area (Å²) in [5, 5.41) is 3.30. The molecule has 1 heterocycles. The summed E-state index contributed by atoms with van der Waals surface area (Å²) in [6.07, 6.45) is 0. The van der Waals surface area contributed by atoms with Gasteiger partial charge in [-0.1, -0.05) is 41.1 Å². The van der Waals surface area contributed by atoms with Gasteiger partial charge >= 0.3 is 0 Å². The van der Waals surface area contributed by atoms with Crippen molar-refractivity contribution < 1.29 is 4.79 Å². The second-order valence-electron chi connectivity index (χ2n) is 4.35. The molecule has 2 rings (SSSR count). The normalized spacial score (nSPS) is 9.90. The van der Waals surface area contributed by atoms with Crippen molar-refractivity contribution in [1.82, 2.24) is 4.98 Å². The topological polar surface area (TPSA) is 70.9 Å². The third-order valence-electron chi connectivity index (χ3n) is 2.72. The Kier molecular flexibility index (Phi) is 4.92. The van der Waals surface area contributed by atoms with Crippen molar-refractivity contribution in [2.45, 2.75) is 6.92 Å². The van der Waals surface area contributed by atoms with Gasteiger partial charge in [-0.15, -0.1) is 0 Å². The summed E-state index contributed by atoms with van der Waals surface area (Å²) >= 11 is 11.6. The third kappa shape index (κ3) is 3.79. The number of hydrogen-bond acceptors (Lipinski definition) is 2. The van der Waals surface area contributed by atoms with Gasteiger partial charge in [0.25, 0.3) is 5.91 Å². The summed E-state index contributed by atoms with van der Waals surface area (Å²) in [6.45, 7) is 2.20. The van der Waals surface area contributed by atoms with E-state index in [0.29, 0.717) is 16.3 Å². The van der Waals surface area contributed by atoms with Crippen LogP contribution >= 0.6 is 23.2 Å². The maximum atomic E-state index is 12.2. The van der Waals surface area contributed by atoms with Crippen LogP contribution in [0.2, 0.25) is 10.2 Å². The predicted octanol–water partition coefficient (Wildman–Crippen LogP) is 3.19. The Balaban J connectivity index is 2.28. The fraction of sp³-hybridized carbons (Fsp3) is 0.133. The Bertz CT molecular complexity index is 722. The van der Waals surface area contributed by atoms with Crippen LogP contribution in [-0.2, 0) is 0 Å². The highest BCUT2D eigenvalue weighted by Gasteiger charge is 2.13. The van der Waals surface area contributed by atoms with Gasteiger partial charge in [0, 0.05) is 5.56 Å². The zero-order valence-electron chi connectivity index (χ0n) is 11.3. The molecule has 0 saturated heterocycles. The Morgan fingerprint density at radius 1 is 1.38 bits per heavy atom. The van der Waals surface area contributed by atoms with Gasteiger partial charge in [0.1, 0.15) is 10.8 Å². The molecule has 0 aliphatic heterocycles. The first kappa shape index (κ1) is 15.5. The SMILES string of the molecule is Cc1ccc(NC(=O)c2cc(Cl)c(Cl)[nH]2)c(C#CCN)c1. The molecule has 0 radical (unpaired) electrons. The van der Waals surface area contributed by atoms with E-state index in [9.17, 15) is 4.79 Å². The van der Waals surface area contributed by atoms with Crippen LogP contribution in [0, 0.1) is 18.8 Å². The van der Waals surface area contributed by atoms with Gasteiger partial charge in [0.15, 0.2) is 0 Å². The molecule has 1 aromatic carbocycles. The Hall–Kier alpha value is -1.93. The van der Waals surface area contributed by atoms with Crippen molar-refractivity contribution >= 4 is 34.8 Å². The number of halogens is 2. The third-order valence-corrected chi connectivity index (χ3v) is 3.41. The molecule has 2 aromatic rings. The number of aromatic amines is 1. The van der Waals surface area contributed by atoms with Crippen molar-refractivity contribution in [3.05, 3.63) is 51.3 Å².